The van der Waals surface area contributed by atoms with E-state index in [0.29, 0.717) is 18.4 Å². The molecular formula is C11H15F3N4. The molecular weight excluding hydrogens is 245 g/mol. The van der Waals surface area contributed by atoms with Crippen molar-refractivity contribution < 1.29 is 13.2 Å². The number of aromatic nitrogens is 2. The lowest BCUT2D eigenvalue weighted by atomic mass is 10.3. The van der Waals surface area contributed by atoms with Crippen LogP contribution < -0.4 is 10.2 Å². The SMILES string of the molecule is CCN(c1cc(C(F)(F)F)nc(NC)n1)C1CC1. The van der Waals surface area contributed by atoms with Crippen molar-refractivity contribution in [1.29, 1.82) is 0 Å². The van der Waals surface area contributed by atoms with Gasteiger partial charge in [-0.15, -0.1) is 0 Å². The average molecular weight is 260 g/mol. The van der Waals surface area contributed by atoms with Gasteiger partial charge in [0.15, 0.2) is 5.69 Å². The van der Waals surface area contributed by atoms with Gasteiger partial charge < -0.3 is 10.2 Å². The molecule has 0 aliphatic heterocycles. The van der Waals surface area contributed by atoms with Crippen LogP contribution in [-0.4, -0.2) is 29.6 Å². The fourth-order valence-electron chi connectivity index (χ4n) is 1.83. The normalized spacial score (nSPS) is 15.6. The molecule has 1 heterocycles. The predicted octanol–water partition coefficient (Wildman–Crippen LogP) is 2.53. The van der Waals surface area contributed by atoms with Crippen molar-refractivity contribution in [1.82, 2.24) is 9.97 Å². The smallest absolute Gasteiger partial charge is 0.357 e. The maximum atomic E-state index is 12.7. The molecule has 1 aliphatic rings. The van der Waals surface area contributed by atoms with Crippen molar-refractivity contribution in [3.8, 4) is 0 Å². The Morgan fingerprint density at radius 2 is 2.06 bits per heavy atom. The molecule has 0 amide bonds. The van der Waals surface area contributed by atoms with Crippen LogP contribution >= 0.6 is 0 Å². The Balaban J connectivity index is 2.39. The Morgan fingerprint density at radius 1 is 1.39 bits per heavy atom. The Labute approximate surface area is 103 Å². The third-order valence-electron chi connectivity index (χ3n) is 2.85. The van der Waals surface area contributed by atoms with E-state index in [2.05, 4.69) is 15.3 Å². The lowest BCUT2D eigenvalue weighted by Crippen LogP contribution is -2.27. The van der Waals surface area contributed by atoms with Crippen LogP contribution in [0.1, 0.15) is 25.5 Å². The molecule has 0 atom stereocenters. The number of nitrogens with zero attached hydrogens (tertiary/aromatic N) is 3. The number of halogens is 3. The fraction of sp³-hybridized carbons (Fsp3) is 0.636. The van der Waals surface area contributed by atoms with Crippen molar-refractivity contribution in [3.05, 3.63) is 11.8 Å². The molecule has 7 heteroatoms. The van der Waals surface area contributed by atoms with Crippen molar-refractivity contribution in [2.75, 3.05) is 23.8 Å². The van der Waals surface area contributed by atoms with Gasteiger partial charge in [-0.25, -0.2) is 4.98 Å². The van der Waals surface area contributed by atoms with Crippen LogP contribution in [-0.2, 0) is 6.18 Å². The molecule has 4 nitrogen and oxygen atoms in total. The van der Waals surface area contributed by atoms with E-state index in [1.165, 1.54) is 7.05 Å². The van der Waals surface area contributed by atoms with Crippen molar-refractivity contribution in [2.24, 2.45) is 0 Å². The van der Waals surface area contributed by atoms with Gasteiger partial charge in [0.2, 0.25) is 5.95 Å². The van der Waals surface area contributed by atoms with Crippen LogP contribution in [0.2, 0.25) is 0 Å². The summed E-state index contributed by atoms with van der Waals surface area (Å²) >= 11 is 0. The summed E-state index contributed by atoms with van der Waals surface area (Å²) in [4.78, 5) is 9.43. The van der Waals surface area contributed by atoms with Crippen molar-refractivity contribution in [2.45, 2.75) is 32.0 Å². The number of alkyl halides is 3. The average Bonchev–Trinajstić information content (AvgIpc) is 3.13. The highest BCUT2D eigenvalue weighted by molar-refractivity contribution is 5.47. The molecule has 0 radical (unpaired) electrons. The highest BCUT2D eigenvalue weighted by Gasteiger charge is 2.36. The molecule has 0 saturated heterocycles. The molecule has 2 rings (SSSR count). The molecule has 1 aromatic rings. The summed E-state index contributed by atoms with van der Waals surface area (Å²) in [5.41, 5.74) is -0.907. The van der Waals surface area contributed by atoms with Crippen LogP contribution in [0.4, 0.5) is 24.9 Å². The van der Waals surface area contributed by atoms with Crippen LogP contribution in [0.3, 0.4) is 0 Å². The molecule has 1 aliphatic carbocycles. The summed E-state index contributed by atoms with van der Waals surface area (Å²) in [5, 5.41) is 2.57. The first-order valence-electron chi connectivity index (χ1n) is 5.86. The molecule has 18 heavy (non-hydrogen) atoms. The van der Waals surface area contributed by atoms with Gasteiger partial charge in [-0.3, -0.25) is 0 Å². The number of nitrogens with one attached hydrogen (secondary N) is 1. The minimum atomic E-state index is -4.45. The van der Waals surface area contributed by atoms with E-state index in [0.717, 1.165) is 18.9 Å². The minimum Gasteiger partial charge on any atom is -0.357 e. The van der Waals surface area contributed by atoms with Gasteiger partial charge in [-0.2, -0.15) is 18.2 Å². The summed E-state index contributed by atoms with van der Waals surface area (Å²) < 4.78 is 38.2. The van der Waals surface area contributed by atoms with Gasteiger partial charge >= 0.3 is 6.18 Å². The highest BCUT2D eigenvalue weighted by atomic mass is 19.4. The first kappa shape index (κ1) is 12.9. The second kappa shape index (κ2) is 4.62. The summed E-state index contributed by atoms with van der Waals surface area (Å²) in [5.74, 6) is 0.339. The standard InChI is InChI=1S/C11H15F3N4/c1-3-18(7-4-5-7)9-6-8(11(12,13)14)16-10(15-2)17-9/h6-7H,3-5H2,1-2H3,(H,15,16,17). The van der Waals surface area contributed by atoms with Crippen LogP contribution in [0.5, 0.6) is 0 Å². The third-order valence-corrected chi connectivity index (χ3v) is 2.85. The van der Waals surface area contributed by atoms with Crippen LogP contribution in [0, 0.1) is 0 Å². The first-order valence-corrected chi connectivity index (χ1v) is 5.86. The zero-order chi connectivity index (χ0) is 13.3. The van der Waals surface area contributed by atoms with Crippen LogP contribution in [0.15, 0.2) is 6.07 Å². The Kier molecular flexibility index (Phi) is 3.32. The third kappa shape index (κ3) is 2.65. The zero-order valence-electron chi connectivity index (χ0n) is 10.3. The van der Waals surface area contributed by atoms with Gasteiger partial charge in [0, 0.05) is 25.7 Å². The number of rotatable bonds is 4. The van der Waals surface area contributed by atoms with E-state index >= 15 is 0 Å². The van der Waals surface area contributed by atoms with Crippen molar-refractivity contribution in [3.63, 3.8) is 0 Å². The van der Waals surface area contributed by atoms with E-state index in [-0.39, 0.29) is 5.95 Å². The van der Waals surface area contributed by atoms with Gasteiger partial charge in [-0.05, 0) is 19.8 Å². The Morgan fingerprint density at radius 3 is 2.50 bits per heavy atom. The topological polar surface area (TPSA) is 41.1 Å². The summed E-state index contributed by atoms with van der Waals surface area (Å²) in [6.07, 6.45) is -2.44. The summed E-state index contributed by atoms with van der Waals surface area (Å²) in [6.45, 7) is 2.55. The molecule has 1 aromatic heterocycles. The Hall–Kier alpha value is -1.53. The minimum absolute atomic E-state index is 0.000995. The zero-order valence-corrected chi connectivity index (χ0v) is 10.3. The molecule has 1 N–H and O–H groups in total. The molecule has 1 saturated carbocycles. The lowest BCUT2D eigenvalue weighted by Gasteiger charge is -2.22. The van der Waals surface area contributed by atoms with Crippen LogP contribution in [0.25, 0.3) is 0 Å². The molecule has 0 bridgehead atoms. The van der Waals surface area contributed by atoms with Gasteiger partial charge in [0.05, 0.1) is 0 Å². The molecule has 0 aromatic carbocycles. The van der Waals surface area contributed by atoms with Gasteiger partial charge in [-0.1, -0.05) is 0 Å². The maximum Gasteiger partial charge on any atom is 0.433 e. The van der Waals surface area contributed by atoms with E-state index in [9.17, 15) is 13.2 Å². The van der Waals surface area contributed by atoms with Gasteiger partial charge in [0.25, 0.3) is 0 Å². The Bertz CT molecular complexity index is 429. The summed E-state index contributed by atoms with van der Waals surface area (Å²) in [7, 11) is 1.51. The largest absolute Gasteiger partial charge is 0.433 e. The highest BCUT2D eigenvalue weighted by Crippen LogP contribution is 2.34. The molecule has 1 fully saturated rings. The molecule has 0 unspecified atom stereocenters. The maximum absolute atomic E-state index is 12.7. The van der Waals surface area contributed by atoms with E-state index < -0.39 is 11.9 Å². The van der Waals surface area contributed by atoms with E-state index in [4.69, 9.17) is 0 Å². The fourth-order valence-corrected chi connectivity index (χ4v) is 1.83. The monoisotopic (exact) mass is 260 g/mol. The summed E-state index contributed by atoms with van der Waals surface area (Å²) in [6, 6.07) is 1.33. The lowest BCUT2D eigenvalue weighted by molar-refractivity contribution is -0.141. The number of hydrogen-bond acceptors (Lipinski definition) is 4. The quantitative estimate of drug-likeness (QED) is 0.903. The number of hydrogen-bond donors (Lipinski definition) is 1. The molecule has 0 spiro atoms. The number of anilines is 2. The predicted molar refractivity (Wildman–Crippen MR) is 62.6 cm³/mol. The van der Waals surface area contributed by atoms with E-state index in [1.807, 2.05) is 11.8 Å². The molecule has 100 valence electrons. The van der Waals surface area contributed by atoms with Gasteiger partial charge in [0.1, 0.15) is 5.82 Å². The second-order valence-electron chi connectivity index (χ2n) is 4.20. The second-order valence-corrected chi connectivity index (χ2v) is 4.20. The first-order chi connectivity index (χ1) is 8.45. The van der Waals surface area contributed by atoms with E-state index in [1.54, 1.807) is 0 Å². The van der Waals surface area contributed by atoms with Crippen molar-refractivity contribution >= 4 is 11.8 Å².